The molecule has 0 aliphatic heterocycles. The zero-order chi connectivity index (χ0) is 12.6. The van der Waals surface area contributed by atoms with E-state index in [-0.39, 0.29) is 10.3 Å². The zero-order valence-corrected chi connectivity index (χ0v) is 13.2. The van der Waals surface area contributed by atoms with Crippen LogP contribution in [-0.2, 0) is 10.0 Å². The standard InChI is InChI=1S/C10H13BrClNO2S2/c1-6-3-2-4-8(6)13-17(14,15)9-5-7(12)10(11)16-9/h5-6,8,13H,2-4H2,1H3. The lowest BCUT2D eigenvalue weighted by atomic mass is 10.1. The van der Waals surface area contributed by atoms with E-state index >= 15 is 0 Å². The Kier molecular flexibility index (Phi) is 4.20. The van der Waals surface area contributed by atoms with Crippen LogP contribution in [0, 0.1) is 5.92 Å². The second kappa shape index (κ2) is 5.17. The summed E-state index contributed by atoms with van der Waals surface area (Å²) in [5, 5.41) is 0.440. The number of nitrogens with one attached hydrogen (secondary N) is 1. The third-order valence-corrected chi connectivity index (χ3v) is 7.49. The number of thiophene rings is 1. The van der Waals surface area contributed by atoms with Gasteiger partial charge in [0.1, 0.15) is 4.21 Å². The molecule has 1 heterocycles. The van der Waals surface area contributed by atoms with Crippen LogP contribution >= 0.6 is 38.9 Å². The predicted octanol–water partition coefficient (Wildman–Crippen LogP) is 3.63. The van der Waals surface area contributed by atoms with Crippen molar-refractivity contribution in [1.29, 1.82) is 0 Å². The first-order valence-electron chi connectivity index (χ1n) is 5.37. The van der Waals surface area contributed by atoms with Crippen LogP contribution in [-0.4, -0.2) is 14.5 Å². The molecule has 17 heavy (non-hydrogen) atoms. The lowest BCUT2D eigenvalue weighted by Gasteiger charge is -2.16. The van der Waals surface area contributed by atoms with E-state index in [4.69, 9.17) is 11.6 Å². The van der Waals surface area contributed by atoms with E-state index in [9.17, 15) is 8.42 Å². The lowest BCUT2D eigenvalue weighted by molar-refractivity contribution is 0.477. The Balaban J connectivity index is 2.19. The van der Waals surface area contributed by atoms with Gasteiger partial charge in [0.25, 0.3) is 0 Å². The smallest absolute Gasteiger partial charge is 0.207 e. The average molecular weight is 359 g/mol. The Morgan fingerprint density at radius 1 is 1.53 bits per heavy atom. The minimum atomic E-state index is -3.42. The van der Waals surface area contributed by atoms with Crippen molar-refractivity contribution in [3.05, 3.63) is 14.9 Å². The molecular weight excluding hydrogens is 346 g/mol. The van der Waals surface area contributed by atoms with Gasteiger partial charge >= 0.3 is 0 Å². The van der Waals surface area contributed by atoms with Crippen LogP contribution in [0.2, 0.25) is 5.02 Å². The molecular formula is C10H13BrClNO2S2. The van der Waals surface area contributed by atoms with E-state index in [1.165, 1.54) is 6.07 Å². The molecule has 1 aromatic rings. The first-order chi connectivity index (χ1) is 7.90. The van der Waals surface area contributed by atoms with Crippen LogP contribution in [0.5, 0.6) is 0 Å². The molecule has 3 nitrogen and oxygen atoms in total. The van der Waals surface area contributed by atoms with Crippen LogP contribution < -0.4 is 4.72 Å². The summed E-state index contributed by atoms with van der Waals surface area (Å²) in [6.07, 6.45) is 3.09. The highest BCUT2D eigenvalue weighted by atomic mass is 79.9. The van der Waals surface area contributed by atoms with Crippen molar-refractivity contribution in [3.63, 3.8) is 0 Å². The third kappa shape index (κ3) is 3.04. The summed E-state index contributed by atoms with van der Waals surface area (Å²) in [5.41, 5.74) is 0. The van der Waals surface area contributed by atoms with Crippen LogP contribution in [0.15, 0.2) is 14.1 Å². The average Bonchev–Trinajstić information content (AvgIpc) is 2.76. The van der Waals surface area contributed by atoms with Gasteiger partial charge in [-0.2, -0.15) is 0 Å². The van der Waals surface area contributed by atoms with Gasteiger partial charge in [-0.3, -0.25) is 0 Å². The predicted molar refractivity (Wildman–Crippen MR) is 74.2 cm³/mol. The van der Waals surface area contributed by atoms with Crippen molar-refractivity contribution in [3.8, 4) is 0 Å². The highest BCUT2D eigenvalue weighted by Crippen LogP contribution is 2.35. The van der Waals surface area contributed by atoms with Gasteiger partial charge in [0, 0.05) is 6.04 Å². The normalized spacial score (nSPS) is 25.4. The molecule has 96 valence electrons. The Morgan fingerprint density at radius 3 is 2.71 bits per heavy atom. The molecule has 0 amide bonds. The summed E-state index contributed by atoms with van der Waals surface area (Å²) in [6, 6.07) is 1.54. The van der Waals surface area contributed by atoms with Gasteiger partial charge < -0.3 is 0 Å². The fourth-order valence-electron chi connectivity index (χ4n) is 2.04. The second-order valence-electron chi connectivity index (χ2n) is 4.32. The summed E-state index contributed by atoms with van der Waals surface area (Å²) in [6.45, 7) is 2.08. The Morgan fingerprint density at radius 2 is 2.24 bits per heavy atom. The van der Waals surface area contributed by atoms with Crippen molar-refractivity contribution in [2.75, 3.05) is 0 Å². The zero-order valence-electron chi connectivity index (χ0n) is 9.24. The molecule has 0 radical (unpaired) electrons. The summed E-state index contributed by atoms with van der Waals surface area (Å²) < 4.78 is 27.9. The first kappa shape index (κ1) is 13.8. The molecule has 2 rings (SSSR count). The third-order valence-electron chi connectivity index (χ3n) is 3.06. The van der Waals surface area contributed by atoms with Gasteiger partial charge in [-0.15, -0.1) is 11.3 Å². The molecule has 1 fully saturated rings. The molecule has 2 unspecified atom stereocenters. The maximum atomic E-state index is 12.1. The van der Waals surface area contributed by atoms with E-state index < -0.39 is 10.0 Å². The molecule has 1 aliphatic rings. The number of halogens is 2. The number of hydrogen-bond acceptors (Lipinski definition) is 3. The largest absolute Gasteiger partial charge is 0.250 e. The fraction of sp³-hybridized carbons (Fsp3) is 0.600. The molecule has 0 saturated heterocycles. The van der Waals surface area contributed by atoms with Crippen molar-refractivity contribution in [2.45, 2.75) is 36.4 Å². The first-order valence-corrected chi connectivity index (χ1v) is 8.84. The summed E-state index contributed by atoms with van der Waals surface area (Å²) in [7, 11) is -3.42. The molecule has 1 N–H and O–H groups in total. The number of hydrogen-bond donors (Lipinski definition) is 1. The molecule has 0 aromatic carbocycles. The van der Waals surface area contributed by atoms with Crippen LogP contribution in [0.4, 0.5) is 0 Å². The van der Waals surface area contributed by atoms with Crippen LogP contribution in [0.1, 0.15) is 26.2 Å². The van der Waals surface area contributed by atoms with E-state index in [2.05, 4.69) is 27.6 Å². The van der Waals surface area contributed by atoms with Gasteiger partial charge in [-0.05, 0) is 40.8 Å². The minimum absolute atomic E-state index is 0.0552. The number of rotatable bonds is 3. The lowest BCUT2D eigenvalue weighted by Crippen LogP contribution is -2.35. The SMILES string of the molecule is CC1CCCC1NS(=O)(=O)c1cc(Cl)c(Br)s1. The van der Waals surface area contributed by atoms with E-state index in [1.807, 2.05) is 0 Å². The fourth-order valence-corrected chi connectivity index (χ4v) is 5.83. The summed E-state index contributed by atoms with van der Waals surface area (Å²) >= 11 is 10.2. The molecule has 0 spiro atoms. The van der Waals surface area contributed by atoms with Gasteiger partial charge in [0.2, 0.25) is 10.0 Å². The second-order valence-corrected chi connectivity index (χ2v) is 9.04. The molecule has 1 aromatic heterocycles. The molecule has 0 bridgehead atoms. The van der Waals surface area contributed by atoms with Crippen molar-refractivity contribution in [2.24, 2.45) is 5.92 Å². The number of sulfonamides is 1. The van der Waals surface area contributed by atoms with Crippen molar-refractivity contribution < 1.29 is 8.42 Å². The maximum absolute atomic E-state index is 12.1. The van der Waals surface area contributed by atoms with Crippen molar-refractivity contribution in [1.82, 2.24) is 4.72 Å². The van der Waals surface area contributed by atoms with Crippen LogP contribution in [0.3, 0.4) is 0 Å². The molecule has 2 atom stereocenters. The molecule has 7 heteroatoms. The quantitative estimate of drug-likeness (QED) is 0.897. The summed E-state index contributed by atoms with van der Waals surface area (Å²) in [4.78, 5) is 0. The topological polar surface area (TPSA) is 46.2 Å². The van der Waals surface area contributed by atoms with Crippen LogP contribution in [0.25, 0.3) is 0 Å². The minimum Gasteiger partial charge on any atom is -0.207 e. The van der Waals surface area contributed by atoms with Gasteiger partial charge in [0.05, 0.1) is 8.81 Å². The Labute approximate surface area is 119 Å². The van der Waals surface area contributed by atoms with Gasteiger partial charge in [-0.25, -0.2) is 13.1 Å². The molecule has 1 aliphatic carbocycles. The summed E-state index contributed by atoms with van der Waals surface area (Å²) in [5.74, 6) is 0.406. The van der Waals surface area contributed by atoms with E-state index in [0.29, 0.717) is 14.7 Å². The van der Waals surface area contributed by atoms with E-state index in [0.717, 1.165) is 30.6 Å². The highest BCUT2D eigenvalue weighted by molar-refractivity contribution is 9.11. The molecule has 1 saturated carbocycles. The Hall–Kier alpha value is 0.380. The monoisotopic (exact) mass is 357 g/mol. The van der Waals surface area contributed by atoms with E-state index in [1.54, 1.807) is 0 Å². The highest BCUT2D eigenvalue weighted by Gasteiger charge is 2.29. The van der Waals surface area contributed by atoms with Gasteiger partial charge in [0.15, 0.2) is 0 Å². The Bertz CT molecular complexity index is 495. The van der Waals surface area contributed by atoms with Crippen molar-refractivity contribution >= 4 is 48.9 Å². The van der Waals surface area contributed by atoms with Gasteiger partial charge in [-0.1, -0.05) is 24.9 Å². The maximum Gasteiger partial charge on any atom is 0.250 e.